The number of hydrogen-bond donors (Lipinski definition) is 1. The molecule has 20 heavy (non-hydrogen) atoms. The predicted molar refractivity (Wildman–Crippen MR) is 81.1 cm³/mol. The van der Waals surface area contributed by atoms with Crippen LogP contribution in [0.5, 0.6) is 0 Å². The number of ether oxygens (including phenoxy) is 1. The Balaban J connectivity index is 0.00000147. The van der Waals surface area contributed by atoms with Gasteiger partial charge in [0.2, 0.25) is 5.91 Å². The van der Waals surface area contributed by atoms with E-state index in [0.29, 0.717) is 17.2 Å². The van der Waals surface area contributed by atoms with Gasteiger partial charge in [-0.3, -0.25) is 4.79 Å². The molecule has 3 aliphatic rings. The molecule has 0 aromatic rings. The Morgan fingerprint density at radius 3 is 2.70 bits per heavy atom. The molecule has 4 nitrogen and oxygen atoms in total. The fourth-order valence-electron chi connectivity index (χ4n) is 3.85. The molecule has 3 unspecified atom stereocenters. The smallest absolute Gasteiger partial charge is 0.226 e. The first-order chi connectivity index (χ1) is 9.14. The third-order valence-electron chi connectivity index (χ3n) is 5.18. The van der Waals surface area contributed by atoms with Crippen molar-refractivity contribution in [3.8, 4) is 0 Å². The number of rotatable bonds is 2. The fraction of sp³-hybridized carbons (Fsp3) is 0.933. The molecule has 1 spiro atoms. The van der Waals surface area contributed by atoms with Crippen molar-refractivity contribution < 1.29 is 9.53 Å². The Kier molecular flexibility index (Phi) is 4.98. The van der Waals surface area contributed by atoms with Crippen molar-refractivity contribution in [2.24, 2.45) is 11.3 Å². The molecule has 1 N–H and O–H groups in total. The summed E-state index contributed by atoms with van der Waals surface area (Å²) in [6.45, 7) is 7.96. The van der Waals surface area contributed by atoms with Crippen LogP contribution in [0.3, 0.4) is 0 Å². The van der Waals surface area contributed by atoms with Crippen LogP contribution in [-0.2, 0) is 9.53 Å². The zero-order valence-electron chi connectivity index (χ0n) is 12.6. The highest BCUT2D eigenvalue weighted by molar-refractivity contribution is 5.85. The molecule has 3 rings (SSSR count). The third-order valence-corrected chi connectivity index (χ3v) is 5.18. The first-order valence-electron chi connectivity index (χ1n) is 7.79. The van der Waals surface area contributed by atoms with Gasteiger partial charge in [-0.25, -0.2) is 0 Å². The molecule has 0 aromatic carbocycles. The Hall–Kier alpha value is -0.320. The maximum Gasteiger partial charge on any atom is 0.226 e. The van der Waals surface area contributed by atoms with Crippen molar-refractivity contribution in [3.63, 3.8) is 0 Å². The molecule has 116 valence electrons. The average molecular weight is 303 g/mol. The Bertz CT molecular complexity index is 358. The molecular formula is C15H27ClN2O2. The highest BCUT2D eigenvalue weighted by Crippen LogP contribution is 2.59. The van der Waals surface area contributed by atoms with E-state index in [1.165, 1.54) is 12.8 Å². The second kappa shape index (κ2) is 6.20. The van der Waals surface area contributed by atoms with E-state index in [1.807, 2.05) is 0 Å². The van der Waals surface area contributed by atoms with Gasteiger partial charge < -0.3 is 15.0 Å². The van der Waals surface area contributed by atoms with Crippen LogP contribution in [0.1, 0.15) is 39.5 Å². The van der Waals surface area contributed by atoms with Gasteiger partial charge in [0.1, 0.15) is 0 Å². The molecule has 1 saturated carbocycles. The van der Waals surface area contributed by atoms with Gasteiger partial charge in [-0.1, -0.05) is 6.92 Å². The number of carbonyl (C=O) groups excluding carboxylic acids is 1. The lowest BCUT2D eigenvalue weighted by atomic mass is 9.91. The number of nitrogens with zero attached hydrogens (tertiary/aromatic N) is 1. The quantitative estimate of drug-likeness (QED) is 0.846. The second-order valence-electron chi connectivity index (χ2n) is 6.59. The molecule has 0 bridgehead atoms. The van der Waals surface area contributed by atoms with E-state index in [4.69, 9.17) is 4.74 Å². The van der Waals surface area contributed by atoms with Crippen molar-refractivity contribution in [2.75, 3.05) is 26.2 Å². The molecule has 0 radical (unpaired) electrons. The molecule has 2 saturated heterocycles. The zero-order valence-corrected chi connectivity index (χ0v) is 13.4. The fourth-order valence-corrected chi connectivity index (χ4v) is 3.85. The molecule has 3 fully saturated rings. The van der Waals surface area contributed by atoms with Crippen molar-refractivity contribution in [3.05, 3.63) is 0 Å². The summed E-state index contributed by atoms with van der Waals surface area (Å²) < 4.78 is 5.85. The normalized spacial score (nSPS) is 35.5. The van der Waals surface area contributed by atoms with Crippen molar-refractivity contribution in [1.82, 2.24) is 10.2 Å². The van der Waals surface area contributed by atoms with Crippen LogP contribution < -0.4 is 5.32 Å². The standard InChI is InChI=1S/C15H26N2O2.ClH/c1-3-12-10-17(9-11(2)19-12)14(18)13-8-15(13)4-6-16-7-5-15;/h11-13,16H,3-10H2,1-2H3;1H. The molecule has 5 heteroatoms. The topological polar surface area (TPSA) is 41.6 Å². The summed E-state index contributed by atoms with van der Waals surface area (Å²) >= 11 is 0. The average Bonchev–Trinajstić information content (AvgIpc) is 3.11. The lowest BCUT2D eigenvalue weighted by Gasteiger charge is -2.37. The molecule has 1 aliphatic carbocycles. The summed E-state index contributed by atoms with van der Waals surface area (Å²) in [4.78, 5) is 14.8. The summed E-state index contributed by atoms with van der Waals surface area (Å²) in [7, 11) is 0. The second-order valence-corrected chi connectivity index (χ2v) is 6.59. The van der Waals surface area contributed by atoms with E-state index in [1.54, 1.807) is 0 Å². The molecule has 1 amide bonds. The summed E-state index contributed by atoms with van der Waals surface area (Å²) in [5.74, 6) is 0.702. The number of piperidine rings is 1. The van der Waals surface area contributed by atoms with Crippen LogP contribution in [0.15, 0.2) is 0 Å². The van der Waals surface area contributed by atoms with Crippen LogP contribution in [0.4, 0.5) is 0 Å². The van der Waals surface area contributed by atoms with E-state index >= 15 is 0 Å². The zero-order chi connectivity index (χ0) is 13.5. The lowest BCUT2D eigenvalue weighted by Crippen LogP contribution is -2.50. The summed E-state index contributed by atoms with van der Waals surface area (Å²) in [6.07, 6.45) is 4.89. The van der Waals surface area contributed by atoms with E-state index in [0.717, 1.165) is 39.0 Å². The van der Waals surface area contributed by atoms with Crippen LogP contribution >= 0.6 is 12.4 Å². The van der Waals surface area contributed by atoms with Gasteiger partial charge in [0.25, 0.3) is 0 Å². The molecule has 0 aromatic heterocycles. The minimum Gasteiger partial charge on any atom is -0.372 e. The highest BCUT2D eigenvalue weighted by Gasteiger charge is 2.58. The van der Waals surface area contributed by atoms with Gasteiger partial charge in [-0.2, -0.15) is 0 Å². The van der Waals surface area contributed by atoms with E-state index in [9.17, 15) is 4.79 Å². The first kappa shape index (κ1) is 16.1. The third kappa shape index (κ3) is 2.97. The van der Waals surface area contributed by atoms with Crippen LogP contribution in [-0.4, -0.2) is 49.2 Å². The number of amides is 1. The Labute approximate surface area is 128 Å². The van der Waals surface area contributed by atoms with Crippen molar-refractivity contribution in [1.29, 1.82) is 0 Å². The number of carbonyl (C=O) groups is 1. The lowest BCUT2D eigenvalue weighted by molar-refractivity contribution is -0.146. The SMILES string of the molecule is CCC1CN(C(=O)C2CC23CCNCC3)CC(C)O1.Cl. The molecule has 2 heterocycles. The largest absolute Gasteiger partial charge is 0.372 e. The summed E-state index contributed by atoms with van der Waals surface area (Å²) in [5, 5.41) is 3.40. The van der Waals surface area contributed by atoms with Gasteiger partial charge >= 0.3 is 0 Å². The van der Waals surface area contributed by atoms with E-state index < -0.39 is 0 Å². The van der Waals surface area contributed by atoms with Crippen LogP contribution in [0, 0.1) is 11.3 Å². The molecular weight excluding hydrogens is 276 g/mol. The van der Waals surface area contributed by atoms with Crippen LogP contribution in [0.2, 0.25) is 0 Å². The van der Waals surface area contributed by atoms with E-state index in [-0.39, 0.29) is 24.6 Å². The molecule has 2 aliphatic heterocycles. The monoisotopic (exact) mass is 302 g/mol. The minimum absolute atomic E-state index is 0. The summed E-state index contributed by atoms with van der Waals surface area (Å²) in [5.41, 5.74) is 0.353. The minimum atomic E-state index is 0. The number of nitrogens with one attached hydrogen (secondary N) is 1. The predicted octanol–water partition coefficient (Wildman–Crippen LogP) is 1.82. The Morgan fingerprint density at radius 2 is 2.05 bits per heavy atom. The Morgan fingerprint density at radius 1 is 1.35 bits per heavy atom. The van der Waals surface area contributed by atoms with E-state index in [2.05, 4.69) is 24.1 Å². The number of hydrogen-bond acceptors (Lipinski definition) is 3. The molecule has 3 atom stereocenters. The van der Waals surface area contributed by atoms with Gasteiger partial charge in [-0.15, -0.1) is 12.4 Å². The van der Waals surface area contributed by atoms with Gasteiger partial charge in [0.15, 0.2) is 0 Å². The van der Waals surface area contributed by atoms with Crippen molar-refractivity contribution in [2.45, 2.75) is 51.7 Å². The summed E-state index contributed by atoms with van der Waals surface area (Å²) in [6, 6.07) is 0. The van der Waals surface area contributed by atoms with Gasteiger partial charge in [0.05, 0.1) is 12.2 Å². The maximum atomic E-state index is 12.7. The maximum absolute atomic E-state index is 12.7. The van der Waals surface area contributed by atoms with Gasteiger partial charge in [0, 0.05) is 19.0 Å². The first-order valence-corrected chi connectivity index (χ1v) is 7.79. The van der Waals surface area contributed by atoms with Gasteiger partial charge in [-0.05, 0) is 51.1 Å². The van der Waals surface area contributed by atoms with Crippen molar-refractivity contribution >= 4 is 18.3 Å². The number of morpholine rings is 1. The highest BCUT2D eigenvalue weighted by atomic mass is 35.5. The van der Waals surface area contributed by atoms with Crippen LogP contribution in [0.25, 0.3) is 0 Å². The number of halogens is 1.